The summed E-state index contributed by atoms with van der Waals surface area (Å²) in [6, 6.07) is 6.96. The van der Waals surface area contributed by atoms with Crippen LogP contribution in [-0.2, 0) is 0 Å². The molecule has 0 bridgehead atoms. The number of rotatable bonds is 6. The topological polar surface area (TPSA) is 52.3 Å². The fourth-order valence-electron chi connectivity index (χ4n) is 1.69. The lowest BCUT2D eigenvalue weighted by Gasteiger charge is -2.27. The van der Waals surface area contributed by atoms with Gasteiger partial charge in [-0.3, -0.25) is 4.79 Å². The first-order valence-corrected chi connectivity index (χ1v) is 6.39. The summed E-state index contributed by atoms with van der Waals surface area (Å²) >= 11 is 0. The minimum atomic E-state index is -0.416. The predicted octanol–water partition coefficient (Wildman–Crippen LogP) is 3.38. The molecule has 3 heteroatoms. The van der Waals surface area contributed by atoms with Crippen molar-refractivity contribution in [3.05, 3.63) is 29.8 Å². The van der Waals surface area contributed by atoms with Gasteiger partial charge in [0.05, 0.1) is 0 Å². The van der Waals surface area contributed by atoms with Crippen LogP contribution < -0.4 is 10.5 Å². The van der Waals surface area contributed by atoms with E-state index in [0.29, 0.717) is 11.5 Å². The Morgan fingerprint density at radius 3 is 2.28 bits per heavy atom. The van der Waals surface area contributed by atoms with Crippen LogP contribution in [0.3, 0.4) is 0 Å². The summed E-state index contributed by atoms with van der Waals surface area (Å²) in [5, 5.41) is 0. The lowest BCUT2D eigenvalue weighted by atomic mass is 9.97. The van der Waals surface area contributed by atoms with Crippen LogP contribution in [0.15, 0.2) is 24.3 Å². The van der Waals surface area contributed by atoms with E-state index < -0.39 is 5.91 Å². The second kappa shape index (κ2) is 5.89. The lowest BCUT2D eigenvalue weighted by molar-refractivity contribution is 0.0927. The maximum atomic E-state index is 11.0. The molecule has 1 aromatic carbocycles. The molecule has 0 atom stereocenters. The number of nitrogens with two attached hydrogens (primary N) is 1. The molecule has 0 aliphatic rings. The van der Waals surface area contributed by atoms with E-state index in [4.69, 9.17) is 10.5 Å². The summed E-state index contributed by atoms with van der Waals surface area (Å²) in [7, 11) is 0. The Bertz CT molecular complexity index is 393. The molecule has 3 nitrogen and oxygen atoms in total. The molecule has 0 aliphatic heterocycles. The fourth-order valence-corrected chi connectivity index (χ4v) is 1.69. The average Bonchev–Trinajstić information content (AvgIpc) is 2.27. The molecule has 2 N–H and O–H groups in total. The molecule has 0 radical (unpaired) electrons. The van der Waals surface area contributed by atoms with Crippen molar-refractivity contribution in [3.63, 3.8) is 0 Å². The van der Waals surface area contributed by atoms with Crippen molar-refractivity contribution in [2.75, 3.05) is 0 Å². The Morgan fingerprint density at radius 2 is 1.83 bits per heavy atom. The van der Waals surface area contributed by atoms with Crippen LogP contribution in [0.1, 0.15) is 50.9 Å². The molecule has 0 saturated carbocycles. The molecule has 0 unspecified atom stereocenters. The first-order valence-electron chi connectivity index (χ1n) is 6.39. The van der Waals surface area contributed by atoms with Gasteiger partial charge in [0.25, 0.3) is 0 Å². The molecular formula is C15H23NO2. The highest BCUT2D eigenvalue weighted by molar-refractivity contribution is 5.92. The highest BCUT2D eigenvalue weighted by Crippen LogP contribution is 2.24. The highest BCUT2D eigenvalue weighted by Gasteiger charge is 2.20. The summed E-state index contributed by atoms with van der Waals surface area (Å²) in [5.41, 5.74) is 5.50. The second-order valence-corrected chi connectivity index (χ2v) is 5.68. The van der Waals surface area contributed by atoms with Crippen molar-refractivity contribution in [1.82, 2.24) is 0 Å². The first-order chi connectivity index (χ1) is 8.30. The number of carbonyl (C=O) groups is 1. The van der Waals surface area contributed by atoms with Crippen LogP contribution in [0.4, 0.5) is 0 Å². The third kappa shape index (κ3) is 4.78. The summed E-state index contributed by atoms with van der Waals surface area (Å²) in [4.78, 5) is 11.0. The van der Waals surface area contributed by atoms with Crippen molar-refractivity contribution in [3.8, 4) is 5.75 Å². The third-order valence-electron chi connectivity index (χ3n) is 2.86. The van der Waals surface area contributed by atoms with E-state index in [0.717, 1.165) is 18.6 Å². The summed E-state index contributed by atoms with van der Waals surface area (Å²) in [6.45, 7) is 8.57. The zero-order valence-electron chi connectivity index (χ0n) is 11.7. The Kier molecular flexibility index (Phi) is 4.76. The molecule has 0 aromatic heterocycles. The van der Waals surface area contributed by atoms with E-state index in [1.807, 2.05) is 0 Å². The van der Waals surface area contributed by atoms with E-state index in [-0.39, 0.29) is 5.60 Å². The Morgan fingerprint density at radius 1 is 1.28 bits per heavy atom. The van der Waals surface area contributed by atoms with Crippen molar-refractivity contribution in [1.29, 1.82) is 0 Å². The van der Waals surface area contributed by atoms with Crippen LogP contribution in [-0.4, -0.2) is 11.5 Å². The van der Waals surface area contributed by atoms with Gasteiger partial charge in [-0.2, -0.15) is 0 Å². The largest absolute Gasteiger partial charge is 0.488 e. The molecule has 18 heavy (non-hydrogen) atoms. The lowest BCUT2D eigenvalue weighted by Crippen LogP contribution is -2.28. The van der Waals surface area contributed by atoms with Crippen molar-refractivity contribution in [2.45, 2.75) is 46.1 Å². The van der Waals surface area contributed by atoms with Crippen LogP contribution in [0, 0.1) is 5.92 Å². The van der Waals surface area contributed by atoms with Crippen LogP contribution in [0.25, 0.3) is 0 Å². The minimum Gasteiger partial charge on any atom is -0.488 e. The maximum Gasteiger partial charge on any atom is 0.248 e. The number of amides is 1. The first kappa shape index (κ1) is 14.6. The van der Waals surface area contributed by atoms with Gasteiger partial charge < -0.3 is 10.5 Å². The number of hydrogen-bond acceptors (Lipinski definition) is 2. The molecule has 0 spiro atoms. The van der Waals surface area contributed by atoms with Gasteiger partial charge in [-0.25, -0.2) is 0 Å². The van der Waals surface area contributed by atoms with Crippen molar-refractivity contribution < 1.29 is 9.53 Å². The number of primary amides is 1. The average molecular weight is 249 g/mol. The van der Waals surface area contributed by atoms with Gasteiger partial charge in [-0.1, -0.05) is 13.8 Å². The van der Waals surface area contributed by atoms with E-state index in [2.05, 4.69) is 27.7 Å². The molecule has 1 amide bonds. The van der Waals surface area contributed by atoms with Crippen LogP contribution >= 0.6 is 0 Å². The number of carbonyl (C=O) groups excluding carboxylic acids is 1. The van der Waals surface area contributed by atoms with Crippen molar-refractivity contribution >= 4 is 5.91 Å². The van der Waals surface area contributed by atoms with Crippen molar-refractivity contribution in [2.24, 2.45) is 11.7 Å². The molecule has 0 aliphatic carbocycles. The van der Waals surface area contributed by atoms with Gasteiger partial charge in [0.2, 0.25) is 5.91 Å². The SMILES string of the molecule is CC(C)CCC(C)(C)Oc1ccc(C(N)=O)cc1. The third-order valence-corrected chi connectivity index (χ3v) is 2.86. The van der Waals surface area contributed by atoms with Gasteiger partial charge in [0, 0.05) is 5.56 Å². The van der Waals surface area contributed by atoms with Gasteiger partial charge >= 0.3 is 0 Å². The zero-order chi connectivity index (χ0) is 13.8. The van der Waals surface area contributed by atoms with Crippen LogP contribution in [0.2, 0.25) is 0 Å². The van der Waals surface area contributed by atoms with Gasteiger partial charge in [-0.05, 0) is 56.9 Å². The highest BCUT2D eigenvalue weighted by atomic mass is 16.5. The smallest absolute Gasteiger partial charge is 0.248 e. The van der Waals surface area contributed by atoms with E-state index in [9.17, 15) is 4.79 Å². The monoisotopic (exact) mass is 249 g/mol. The maximum absolute atomic E-state index is 11.0. The second-order valence-electron chi connectivity index (χ2n) is 5.68. The number of benzene rings is 1. The molecular weight excluding hydrogens is 226 g/mol. The molecule has 0 heterocycles. The van der Waals surface area contributed by atoms with Crippen LogP contribution in [0.5, 0.6) is 5.75 Å². The van der Waals surface area contributed by atoms with E-state index >= 15 is 0 Å². The summed E-state index contributed by atoms with van der Waals surface area (Å²) < 4.78 is 5.93. The quantitative estimate of drug-likeness (QED) is 0.840. The fraction of sp³-hybridized carbons (Fsp3) is 0.533. The molecule has 1 aromatic rings. The zero-order valence-corrected chi connectivity index (χ0v) is 11.7. The molecule has 0 saturated heterocycles. The molecule has 0 fully saturated rings. The summed E-state index contributed by atoms with van der Waals surface area (Å²) in [6.07, 6.45) is 2.13. The van der Waals surface area contributed by atoms with Gasteiger partial charge in [0.15, 0.2) is 0 Å². The summed E-state index contributed by atoms with van der Waals surface area (Å²) in [5.74, 6) is 1.03. The van der Waals surface area contributed by atoms with E-state index in [1.165, 1.54) is 0 Å². The van der Waals surface area contributed by atoms with Gasteiger partial charge in [-0.15, -0.1) is 0 Å². The Hall–Kier alpha value is -1.51. The standard InChI is InChI=1S/C15H23NO2/c1-11(2)9-10-15(3,4)18-13-7-5-12(6-8-13)14(16)17/h5-8,11H,9-10H2,1-4H3,(H2,16,17). The van der Waals surface area contributed by atoms with Gasteiger partial charge in [0.1, 0.15) is 11.4 Å². The number of ether oxygens (including phenoxy) is 1. The normalized spacial score (nSPS) is 11.6. The number of hydrogen-bond donors (Lipinski definition) is 1. The van der Waals surface area contributed by atoms with E-state index in [1.54, 1.807) is 24.3 Å². The predicted molar refractivity (Wildman–Crippen MR) is 73.7 cm³/mol. The molecule has 1 rings (SSSR count). The minimum absolute atomic E-state index is 0.196. The Balaban J connectivity index is 2.63. The Labute approximate surface area is 109 Å². The molecule has 100 valence electrons.